The van der Waals surface area contributed by atoms with Crippen LogP contribution in [0.1, 0.15) is 15.9 Å². The van der Waals surface area contributed by atoms with E-state index in [9.17, 15) is 4.79 Å². The van der Waals surface area contributed by atoms with Crippen LogP contribution in [0.2, 0.25) is 0 Å². The highest BCUT2D eigenvalue weighted by molar-refractivity contribution is 5.92. The molecule has 0 saturated carbocycles. The first-order valence-electron chi connectivity index (χ1n) is 3.82. The fourth-order valence-electron chi connectivity index (χ4n) is 0.942. The summed E-state index contributed by atoms with van der Waals surface area (Å²) in [5, 5.41) is 0. The first kappa shape index (κ1) is 10.1. The van der Waals surface area contributed by atoms with Crippen molar-refractivity contribution in [3.63, 3.8) is 0 Å². The summed E-state index contributed by atoms with van der Waals surface area (Å²) in [6.45, 7) is 0. The quantitative estimate of drug-likeness (QED) is 0.513. The molecule has 0 aliphatic carbocycles. The second-order valence-corrected chi connectivity index (χ2v) is 2.41. The molecule has 0 saturated heterocycles. The molecule has 72 valence electrons. The summed E-state index contributed by atoms with van der Waals surface area (Å²) < 4.78 is 9.42. The zero-order chi connectivity index (χ0) is 10.6. The Morgan fingerprint density at radius 1 is 1.57 bits per heavy atom. The Bertz CT molecular complexity index is 393. The maximum atomic E-state index is 11.3. The fourth-order valence-corrected chi connectivity index (χ4v) is 0.942. The Kier molecular flexibility index (Phi) is 3.08. The van der Waals surface area contributed by atoms with Crippen molar-refractivity contribution in [3.8, 4) is 18.2 Å². The molecule has 1 aromatic rings. The van der Waals surface area contributed by atoms with E-state index in [-0.39, 0.29) is 5.56 Å². The molecule has 0 fully saturated rings. The first-order chi connectivity index (χ1) is 6.72. The summed E-state index contributed by atoms with van der Waals surface area (Å²) in [5.74, 6) is 2.17. The van der Waals surface area contributed by atoms with E-state index in [0.717, 1.165) is 0 Å². The minimum Gasteiger partial charge on any atom is -0.481 e. The SMILES string of the molecule is C#Cc1cnc(OC)cc1C(=O)OC. The van der Waals surface area contributed by atoms with Gasteiger partial charge < -0.3 is 9.47 Å². The van der Waals surface area contributed by atoms with Gasteiger partial charge in [-0.1, -0.05) is 5.92 Å². The summed E-state index contributed by atoms with van der Waals surface area (Å²) in [6.07, 6.45) is 6.59. The van der Waals surface area contributed by atoms with Gasteiger partial charge in [-0.3, -0.25) is 0 Å². The molecule has 0 amide bonds. The molecule has 14 heavy (non-hydrogen) atoms. The molecular formula is C10H9NO3. The largest absolute Gasteiger partial charge is 0.481 e. The number of methoxy groups -OCH3 is 2. The monoisotopic (exact) mass is 191 g/mol. The Hall–Kier alpha value is -2.02. The van der Waals surface area contributed by atoms with Gasteiger partial charge in [0.1, 0.15) is 0 Å². The number of hydrogen-bond acceptors (Lipinski definition) is 4. The van der Waals surface area contributed by atoms with Gasteiger partial charge >= 0.3 is 5.97 Å². The van der Waals surface area contributed by atoms with Gasteiger partial charge in [-0.05, 0) is 0 Å². The molecule has 1 rings (SSSR count). The molecule has 0 unspecified atom stereocenters. The standard InChI is InChI=1S/C10H9NO3/c1-4-7-6-11-9(13-2)5-8(7)10(12)14-3/h1,5-6H,2-3H3. The molecule has 1 aromatic heterocycles. The number of aromatic nitrogens is 1. The normalized spacial score (nSPS) is 8.93. The zero-order valence-corrected chi connectivity index (χ0v) is 7.90. The van der Waals surface area contributed by atoms with Gasteiger partial charge in [0.15, 0.2) is 0 Å². The number of rotatable bonds is 2. The van der Waals surface area contributed by atoms with Gasteiger partial charge in [-0.15, -0.1) is 6.42 Å². The zero-order valence-electron chi connectivity index (χ0n) is 7.90. The maximum absolute atomic E-state index is 11.3. The van der Waals surface area contributed by atoms with Crippen LogP contribution in [0.25, 0.3) is 0 Å². The van der Waals surface area contributed by atoms with E-state index in [4.69, 9.17) is 11.2 Å². The molecule has 0 aromatic carbocycles. The summed E-state index contributed by atoms with van der Waals surface area (Å²) in [7, 11) is 2.74. The van der Waals surface area contributed by atoms with Crippen LogP contribution in [0.15, 0.2) is 12.3 Å². The fraction of sp³-hybridized carbons (Fsp3) is 0.200. The summed E-state index contributed by atoms with van der Waals surface area (Å²) in [5.41, 5.74) is 0.666. The van der Waals surface area contributed by atoms with Crippen molar-refractivity contribution >= 4 is 5.97 Å². The van der Waals surface area contributed by atoms with E-state index >= 15 is 0 Å². The molecule has 0 atom stereocenters. The molecule has 0 radical (unpaired) electrons. The highest BCUT2D eigenvalue weighted by Crippen LogP contribution is 2.14. The predicted octanol–water partition coefficient (Wildman–Crippen LogP) is 0.858. The van der Waals surface area contributed by atoms with E-state index in [1.165, 1.54) is 26.5 Å². The lowest BCUT2D eigenvalue weighted by Gasteiger charge is -2.04. The number of esters is 1. The van der Waals surface area contributed by atoms with Gasteiger partial charge in [-0.25, -0.2) is 9.78 Å². The average molecular weight is 191 g/mol. The minimum absolute atomic E-state index is 0.279. The predicted molar refractivity (Wildman–Crippen MR) is 50.1 cm³/mol. The minimum atomic E-state index is -0.501. The van der Waals surface area contributed by atoms with E-state index in [0.29, 0.717) is 11.4 Å². The van der Waals surface area contributed by atoms with E-state index in [2.05, 4.69) is 15.6 Å². The van der Waals surface area contributed by atoms with Crippen molar-refractivity contribution < 1.29 is 14.3 Å². The average Bonchev–Trinajstić information content (AvgIpc) is 2.27. The molecule has 4 heteroatoms. The van der Waals surface area contributed by atoms with E-state index in [1.54, 1.807) is 0 Å². The van der Waals surface area contributed by atoms with Crippen LogP contribution < -0.4 is 4.74 Å². The topological polar surface area (TPSA) is 48.4 Å². The van der Waals surface area contributed by atoms with Gasteiger partial charge in [0, 0.05) is 12.3 Å². The Labute approximate surface area is 81.9 Å². The Morgan fingerprint density at radius 2 is 2.29 bits per heavy atom. The molecule has 1 heterocycles. The smallest absolute Gasteiger partial charge is 0.339 e. The lowest BCUT2D eigenvalue weighted by atomic mass is 10.1. The Morgan fingerprint density at radius 3 is 2.79 bits per heavy atom. The molecular weight excluding hydrogens is 182 g/mol. The maximum Gasteiger partial charge on any atom is 0.339 e. The van der Waals surface area contributed by atoms with Crippen LogP contribution in [0.4, 0.5) is 0 Å². The molecule has 4 nitrogen and oxygen atoms in total. The van der Waals surface area contributed by atoms with Crippen molar-refractivity contribution in [2.24, 2.45) is 0 Å². The third-order valence-electron chi connectivity index (χ3n) is 1.65. The van der Waals surface area contributed by atoms with Crippen LogP contribution in [0.5, 0.6) is 5.88 Å². The summed E-state index contributed by atoms with van der Waals surface area (Å²) >= 11 is 0. The van der Waals surface area contributed by atoms with Crippen LogP contribution >= 0.6 is 0 Å². The van der Waals surface area contributed by atoms with Crippen molar-refractivity contribution in [3.05, 3.63) is 23.4 Å². The highest BCUT2D eigenvalue weighted by atomic mass is 16.5. The molecule has 0 aliphatic heterocycles. The number of hydrogen-bond donors (Lipinski definition) is 0. The van der Waals surface area contributed by atoms with E-state index in [1.807, 2.05) is 0 Å². The van der Waals surface area contributed by atoms with Crippen molar-refractivity contribution in [2.45, 2.75) is 0 Å². The lowest BCUT2D eigenvalue weighted by Crippen LogP contribution is -2.05. The van der Waals surface area contributed by atoms with Gasteiger partial charge in [0.2, 0.25) is 5.88 Å². The van der Waals surface area contributed by atoms with Crippen LogP contribution in [0, 0.1) is 12.3 Å². The number of nitrogens with zero attached hydrogens (tertiary/aromatic N) is 1. The third-order valence-corrected chi connectivity index (χ3v) is 1.65. The summed E-state index contributed by atoms with van der Waals surface area (Å²) in [6, 6.07) is 1.45. The third kappa shape index (κ3) is 1.83. The summed E-state index contributed by atoms with van der Waals surface area (Å²) in [4.78, 5) is 15.1. The number of carbonyl (C=O) groups excluding carboxylic acids is 1. The molecule has 0 aliphatic rings. The van der Waals surface area contributed by atoms with Gasteiger partial charge in [0.25, 0.3) is 0 Å². The van der Waals surface area contributed by atoms with Crippen molar-refractivity contribution in [2.75, 3.05) is 14.2 Å². The van der Waals surface area contributed by atoms with Crippen LogP contribution in [-0.2, 0) is 4.74 Å². The second kappa shape index (κ2) is 4.28. The molecule has 0 N–H and O–H groups in total. The second-order valence-electron chi connectivity index (χ2n) is 2.41. The van der Waals surface area contributed by atoms with Crippen LogP contribution in [-0.4, -0.2) is 25.2 Å². The van der Waals surface area contributed by atoms with Crippen LogP contribution in [0.3, 0.4) is 0 Å². The molecule has 0 bridgehead atoms. The van der Waals surface area contributed by atoms with Crippen molar-refractivity contribution in [1.82, 2.24) is 4.98 Å². The first-order valence-corrected chi connectivity index (χ1v) is 3.82. The number of ether oxygens (including phenoxy) is 2. The number of pyridine rings is 1. The van der Waals surface area contributed by atoms with E-state index < -0.39 is 5.97 Å². The lowest BCUT2D eigenvalue weighted by molar-refractivity contribution is 0.0600. The van der Waals surface area contributed by atoms with Gasteiger partial charge in [0.05, 0.1) is 25.3 Å². The Balaban J connectivity index is 3.23. The molecule has 0 spiro atoms. The van der Waals surface area contributed by atoms with Gasteiger partial charge in [-0.2, -0.15) is 0 Å². The highest BCUT2D eigenvalue weighted by Gasteiger charge is 2.12. The number of terminal acetylenes is 1. The van der Waals surface area contributed by atoms with Crippen molar-refractivity contribution in [1.29, 1.82) is 0 Å². The number of carbonyl (C=O) groups is 1.